The zero-order chi connectivity index (χ0) is 20.8. The van der Waals surface area contributed by atoms with Gasteiger partial charge in [0.25, 0.3) is 5.91 Å². The van der Waals surface area contributed by atoms with Gasteiger partial charge in [-0.3, -0.25) is 9.69 Å². The van der Waals surface area contributed by atoms with Gasteiger partial charge >= 0.3 is 0 Å². The molecule has 29 heavy (non-hydrogen) atoms. The molecule has 156 valence electrons. The maximum Gasteiger partial charge on any atom is 0.251 e. The Hall–Kier alpha value is -2.57. The Morgan fingerprint density at radius 3 is 2.21 bits per heavy atom. The van der Waals surface area contributed by atoms with Crippen molar-refractivity contribution >= 4 is 11.6 Å². The molecule has 2 aromatic carbocycles. The van der Waals surface area contributed by atoms with Crippen LogP contribution in [0, 0.1) is 0 Å². The Kier molecular flexibility index (Phi) is 7.12. The highest BCUT2D eigenvalue weighted by Gasteiger charge is 2.24. The van der Waals surface area contributed by atoms with Crippen molar-refractivity contribution in [1.82, 2.24) is 15.1 Å². The molecule has 1 N–H and O–H groups in total. The maximum atomic E-state index is 12.7. The van der Waals surface area contributed by atoms with Crippen LogP contribution in [0.3, 0.4) is 0 Å². The van der Waals surface area contributed by atoms with Crippen molar-refractivity contribution in [2.75, 3.05) is 65.9 Å². The third-order valence-electron chi connectivity index (χ3n) is 5.58. The average molecular weight is 397 g/mol. The molecule has 0 unspecified atom stereocenters. The minimum absolute atomic E-state index is 0.0586. The number of amides is 1. The summed E-state index contributed by atoms with van der Waals surface area (Å²) >= 11 is 0. The Morgan fingerprint density at radius 2 is 1.66 bits per heavy atom. The van der Waals surface area contributed by atoms with Gasteiger partial charge in [0.1, 0.15) is 5.75 Å². The highest BCUT2D eigenvalue weighted by Crippen LogP contribution is 2.24. The first-order chi connectivity index (χ1) is 14.0. The van der Waals surface area contributed by atoms with Crippen LogP contribution in [-0.4, -0.2) is 76.7 Å². The van der Waals surface area contributed by atoms with E-state index in [4.69, 9.17) is 4.74 Å². The molecule has 1 saturated heterocycles. The molecule has 1 aliphatic heterocycles. The van der Waals surface area contributed by atoms with E-state index in [-0.39, 0.29) is 11.9 Å². The van der Waals surface area contributed by atoms with Gasteiger partial charge in [-0.15, -0.1) is 0 Å². The van der Waals surface area contributed by atoms with Gasteiger partial charge in [-0.05, 0) is 49.0 Å². The van der Waals surface area contributed by atoms with E-state index in [9.17, 15) is 4.79 Å². The number of hydrogen-bond donors (Lipinski definition) is 1. The van der Waals surface area contributed by atoms with Crippen LogP contribution in [0.4, 0.5) is 5.69 Å². The molecule has 3 rings (SSSR count). The highest BCUT2D eigenvalue weighted by molar-refractivity contribution is 5.94. The number of ether oxygens (including phenoxy) is 1. The lowest BCUT2D eigenvalue weighted by Crippen LogP contribution is -2.48. The fraction of sp³-hybridized carbons (Fsp3) is 0.435. The third kappa shape index (κ3) is 5.49. The first-order valence-corrected chi connectivity index (χ1v) is 10.1. The van der Waals surface area contributed by atoms with Crippen molar-refractivity contribution in [3.63, 3.8) is 0 Å². The number of methoxy groups -OCH3 is 1. The Morgan fingerprint density at radius 1 is 1.03 bits per heavy atom. The van der Waals surface area contributed by atoms with Crippen molar-refractivity contribution in [2.24, 2.45) is 0 Å². The second-order valence-corrected chi connectivity index (χ2v) is 7.78. The summed E-state index contributed by atoms with van der Waals surface area (Å²) in [4.78, 5) is 19.6. The van der Waals surface area contributed by atoms with Gasteiger partial charge in [0, 0.05) is 58.1 Å². The summed E-state index contributed by atoms with van der Waals surface area (Å²) in [5.41, 5.74) is 3.05. The minimum atomic E-state index is -0.0586. The van der Waals surface area contributed by atoms with E-state index in [0.717, 1.165) is 31.9 Å². The molecule has 0 aliphatic carbocycles. The summed E-state index contributed by atoms with van der Waals surface area (Å²) in [6.45, 7) is 4.65. The molecule has 0 spiro atoms. The zero-order valence-electron chi connectivity index (χ0n) is 17.9. The predicted octanol–water partition coefficient (Wildman–Crippen LogP) is 2.48. The Balaban J connectivity index is 1.72. The SMILES string of the molecule is COc1ccc(C(=O)NC[C@H](c2ccc(N(C)C)cc2)N2CCN(C)CC2)cc1. The largest absolute Gasteiger partial charge is 0.497 e. The van der Waals surface area contributed by atoms with Gasteiger partial charge in [-0.25, -0.2) is 0 Å². The molecule has 0 bridgehead atoms. The van der Waals surface area contributed by atoms with Crippen molar-refractivity contribution in [1.29, 1.82) is 0 Å². The number of nitrogens with zero attached hydrogens (tertiary/aromatic N) is 3. The topological polar surface area (TPSA) is 48.1 Å². The van der Waals surface area contributed by atoms with E-state index in [1.54, 1.807) is 19.2 Å². The van der Waals surface area contributed by atoms with E-state index < -0.39 is 0 Å². The number of benzene rings is 2. The third-order valence-corrected chi connectivity index (χ3v) is 5.58. The van der Waals surface area contributed by atoms with Crippen LogP contribution in [0.1, 0.15) is 22.0 Å². The summed E-state index contributed by atoms with van der Waals surface area (Å²) in [7, 11) is 7.87. The molecule has 2 aromatic rings. The second kappa shape index (κ2) is 9.76. The van der Waals surface area contributed by atoms with Crippen LogP contribution in [0.25, 0.3) is 0 Å². The molecule has 1 amide bonds. The van der Waals surface area contributed by atoms with Crippen LogP contribution in [0.2, 0.25) is 0 Å². The van der Waals surface area contributed by atoms with E-state index in [0.29, 0.717) is 12.1 Å². The normalized spacial score (nSPS) is 16.3. The molecule has 1 aliphatic rings. The zero-order valence-corrected chi connectivity index (χ0v) is 17.9. The van der Waals surface area contributed by atoms with Crippen LogP contribution < -0.4 is 15.0 Å². The van der Waals surface area contributed by atoms with E-state index >= 15 is 0 Å². The molecule has 0 saturated carbocycles. The first kappa shape index (κ1) is 21.1. The smallest absolute Gasteiger partial charge is 0.251 e. The molecular weight excluding hydrogens is 364 g/mol. The van der Waals surface area contributed by atoms with E-state index in [2.05, 4.69) is 51.3 Å². The quantitative estimate of drug-likeness (QED) is 0.779. The van der Waals surface area contributed by atoms with Crippen molar-refractivity contribution in [3.05, 3.63) is 59.7 Å². The van der Waals surface area contributed by atoms with Crippen LogP contribution in [0.5, 0.6) is 5.75 Å². The van der Waals surface area contributed by atoms with Crippen LogP contribution in [-0.2, 0) is 0 Å². The van der Waals surface area contributed by atoms with Crippen LogP contribution in [0.15, 0.2) is 48.5 Å². The van der Waals surface area contributed by atoms with E-state index in [1.807, 2.05) is 26.2 Å². The molecule has 1 heterocycles. The predicted molar refractivity (Wildman–Crippen MR) is 118 cm³/mol. The summed E-state index contributed by atoms with van der Waals surface area (Å²) in [6.07, 6.45) is 0. The molecule has 6 nitrogen and oxygen atoms in total. The Labute approximate surface area is 174 Å². The molecule has 6 heteroatoms. The fourth-order valence-corrected chi connectivity index (χ4v) is 3.62. The number of carbonyl (C=O) groups excluding carboxylic acids is 1. The van der Waals surface area contributed by atoms with Crippen molar-refractivity contribution in [3.8, 4) is 5.75 Å². The van der Waals surface area contributed by atoms with Gasteiger partial charge in [-0.2, -0.15) is 0 Å². The number of carbonyl (C=O) groups is 1. The summed E-state index contributed by atoms with van der Waals surface area (Å²) in [5.74, 6) is 0.689. The van der Waals surface area contributed by atoms with E-state index in [1.165, 1.54) is 11.3 Å². The average Bonchev–Trinajstić information content (AvgIpc) is 2.75. The Bertz CT molecular complexity index is 782. The lowest BCUT2D eigenvalue weighted by Gasteiger charge is -2.38. The molecule has 1 atom stereocenters. The monoisotopic (exact) mass is 396 g/mol. The number of rotatable bonds is 7. The van der Waals surface area contributed by atoms with Crippen molar-refractivity contribution in [2.45, 2.75) is 6.04 Å². The summed E-state index contributed by atoms with van der Waals surface area (Å²) in [5, 5.41) is 3.14. The molecule has 1 fully saturated rings. The number of anilines is 1. The summed E-state index contributed by atoms with van der Waals surface area (Å²) < 4.78 is 5.17. The molecular formula is C23H32N4O2. The fourth-order valence-electron chi connectivity index (χ4n) is 3.62. The van der Waals surface area contributed by atoms with Gasteiger partial charge in [-0.1, -0.05) is 12.1 Å². The number of nitrogens with one attached hydrogen (secondary N) is 1. The standard InChI is InChI=1S/C23H32N4O2/c1-25(2)20-9-5-18(6-10-20)22(27-15-13-26(3)14-16-27)17-24-23(28)19-7-11-21(29-4)12-8-19/h5-12,22H,13-17H2,1-4H3,(H,24,28)/t22-/m1/s1. The lowest BCUT2D eigenvalue weighted by atomic mass is 10.0. The summed E-state index contributed by atoms with van der Waals surface area (Å²) in [6, 6.07) is 16.0. The maximum absolute atomic E-state index is 12.7. The van der Waals surface area contributed by atoms with Gasteiger partial charge in [0.05, 0.1) is 13.2 Å². The minimum Gasteiger partial charge on any atom is -0.497 e. The number of piperazine rings is 1. The number of likely N-dealkylation sites (N-methyl/N-ethyl adjacent to an activating group) is 1. The van der Waals surface area contributed by atoms with Gasteiger partial charge < -0.3 is 19.9 Å². The molecule has 0 radical (unpaired) electrons. The highest BCUT2D eigenvalue weighted by atomic mass is 16.5. The van der Waals surface area contributed by atoms with Gasteiger partial charge in [0.15, 0.2) is 0 Å². The lowest BCUT2D eigenvalue weighted by molar-refractivity contribution is 0.0886. The van der Waals surface area contributed by atoms with Crippen molar-refractivity contribution < 1.29 is 9.53 Å². The van der Waals surface area contributed by atoms with Gasteiger partial charge in [0.2, 0.25) is 0 Å². The number of hydrogen-bond acceptors (Lipinski definition) is 5. The first-order valence-electron chi connectivity index (χ1n) is 10.1. The molecule has 0 aromatic heterocycles. The van der Waals surface area contributed by atoms with Crippen LogP contribution >= 0.6 is 0 Å². The second-order valence-electron chi connectivity index (χ2n) is 7.78.